The first kappa shape index (κ1) is 12.9. The number of carbonyl (C=O) groups excluding carboxylic acids is 1. The zero-order chi connectivity index (χ0) is 15.0. The Morgan fingerprint density at radius 3 is 2.38 bits per heavy atom. The van der Waals surface area contributed by atoms with Crippen molar-refractivity contribution >= 4 is 23.3 Å². The van der Waals surface area contributed by atoms with Crippen molar-refractivity contribution in [2.75, 3.05) is 5.73 Å². The summed E-state index contributed by atoms with van der Waals surface area (Å²) in [4.78, 5) is 17.2. The normalized spacial score (nSPS) is 13.2. The Labute approximate surface area is 120 Å². The number of anilines is 1. The Bertz CT molecular complexity index is 756. The molecule has 1 aliphatic rings. The fourth-order valence-electron chi connectivity index (χ4n) is 2.10. The van der Waals surface area contributed by atoms with Gasteiger partial charge in [0.05, 0.1) is 5.56 Å². The second kappa shape index (κ2) is 4.75. The maximum absolute atomic E-state index is 12.0. The van der Waals surface area contributed by atoms with E-state index in [1.54, 1.807) is 48.5 Å². The molecule has 0 saturated carbocycles. The molecule has 1 heterocycles. The van der Waals surface area contributed by atoms with Crippen LogP contribution in [0.2, 0.25) is 0 Å². The molecule has 0 spiro atoms. The van der Waals surface area contributed by atoms with E-state index in [1.807, 2.05) is 0 Å². The van der Waals surface area contributed by atoms with Gasteiger partial charge in [0.1, 0.15) is 0 Å². The van der Waals surface area contributed by atoms with E-state index in [9.17, 15) is 4.79 Å². The Balaban J connectivity index is 1.87. The van der Waals surface area contributed by atoms with E-state index < -0.39 is 5.97 Å². The van der Waals surface area contributed by atoms with Gasteiger partial charge < -0.3 is 10.6 Å². The Kier molecular flexibility index (Phi) is 2.91. The molecule has 0 bridgehead atoms. The number of rotatable bonds is 2. The van der Waals surface area contributed by atoms with Crippen molar-refractivity contribution in [1.82, 2.24) is 5.06 Å². The van der Waals surface area contributed by atoms with Gasteiger partial charge in [0.2, 0.25) is 0 Å². The van der Waals surface area contributed by atoms with Crippen LogP contribution in [0.15, 0.2) is 48.5 Å². The standard InChI is InChI=1S/C15H12N4O2/c16-10-6-7-11-12(8-10)14(18)19(13(11)17)21-15(20)9-4-2-1-3-5-9/h1-8,17-18H,16H2. The summed E-state index contributed by atoms with van der Waals surface area (Å²) in [7, 11) is 0. The van der Waals surface area contributed by atoms with Crippen LogP contribution >= 0.6 is 0 Å². The van der Waals surface area contributed by atoms with Gasteiger partial charge in [-0.05, 0) is 30.3 Å². The minimum absolute atomic E-state index is 0.0562. The molecule has 6 heteroatoms. The fraction of sp³-hybridized carbons (Fsp3) is 0. The largest absolute Gasteiger partial charge is 0.399 e. The van der Waals surface area contributed by atoms with Crippen LogP contribution in [0, 0.1) is 10.8 Å². The van der Waals surface area contributed by atoms with Gasteiger partial charge in [0.15, 0.2) is 11.7 Å². The van der Waals surface area contributed by atoms with E-state index in [0.29, 0.717) is 22.4 Å². The van der Waals surface area contributed by atoms with Gasteiger partial charge in [0, 0.05) is 16.8 Å². The number of carbonyl (C=O) groups is 1. The summed E-state index contributed by atoms with van der Waals surface area (Å²) in [5.74, 6) is -0.753. The highest BCUT2D eigenvalue weighted by Crippen LogP contribution is 2.25. The van der Waals surface area contributed by atoms with Crippen LogP contribution in [-0.4, -0.2) is 22.7 Å². The van der Waals surface area contributed by atoms with Gasteiger partial charge in [-0.25, -0.2) is 4.79 Å². The summed E-state index contributed by atoms with van der Waals surface area (Å²) in [5, 5.41) is 16.9. The molecule has 0 atom stereocenters. The molecule has 21 heavy (non-hydrogen) atoms. The second-order valence-corrected chi connectivity index (χ2v) is 4.54. The zero-order valence-corrected chi connectivity index (χ0v) is 11.0. The average Bonchev–Trinajstić information content (AvgIpc) is 2.73. The summed E-state index contributed by atoms with van der Waals surface area (Å²) in [6.07, 6.45) is 0. The molecule has 0 aromatic heterocycles. The number of nitrogens with one attached hydrogen (secondary N) is 2. The number of amidine groups is 2. The number of benzene rings is 2. The molecule has 104 valence electrons. The molecule has 0 fully saturated rings. The number of fused-ring (bicyclic) bond motifs is 1. The molecule has 2 aromatic carbocycles. The van der Waals surface area contributed by atoms with Crippen molar-refractivity contribution < 1.29 is 9.63 Å². The lowest BCUT2D eigenvalue weighted by molar-refractivity contribution is -0.0131. The summed E-state index contributed by atoms with van der Waals surface area (Å²) < 4.78 is 0. The minimum atomic E-state index is -0.620. The number of nitrogen functional groups attached to an aromatic ring is 1. The third kappa shape index (κ3) is 2.12. The smallest absolute Gasteiger partial charge is 0.363 e. The summed E-state index contributed by atoms with van der Waals surface area (Å²) >= 11 is 0. The highest BCUT2D eigenvalue weighted by atomic mass is 16.7. The third-order valence-electron chi connectivity index (χ3n) is 3.14. The molecule has 3 rings (SSSR count). The Morgan fingerprint density at radius 2 is 1.67 bits per heavy atom. The lowest BCUT2D eigenvalue weighted by Crippen LogP contribution is -2.32. The van der Waals surface area contributed by atoms with Gasteiger partial charge in [-0.15, -0.1) is 5.06 Å². The SMILES string of the molecule is N=C1c2ccc(N)cc2C(=N)N1OC(=O)c1ccccc1. The van der Waals surface area contributed by atoms with Crippen molar-refractivity contribution in [1.29, 1.82) is 10.8 Å². The van der Waals surface area contributed by atoms with Gasteiger partial charge in [0.25, 0.3) is 0 Å². The maximum Gasteiger partial charge on any atom is 0.363 e. The molecule has 1 aliphatic heterocycles. The molecule has 0 amide bonds. The lowest BCUT2D eigenvalue weighted by atomic mass is 10.1. The van der Waals surface area contributed by atoms with Crippen molar-refractivity contribution in [3.05, 3.63) is 65.2 Å². The van der Waals surface area contributed by atoms with Crippen molar-refractivity contribution in [3.63, 3.8) is 0 Å². The molecule has 0 aliphatic carbocycles. The van der Waals surface area contributed by atoms with Crippen LogP contribution in [0.25, 0.3) is 0 Å². The summed E-state index contributed by atoms with van der Waals surface area (Å²) in [5.41, 5.74) is 7.51. The van der Waals surface area contributed by atoms with Crippen molar-refractivity contribution in [2.24, 2.45) is 0 Å². The van der Waals surface area contributed by atoms with Gasteiger partial charge in [-0.3, -0.25) is 10.8 Å². The number of nitrogens with zero attached hydrogens (tertiary/aromatic N) is 1. The van der Waals surface area contributed by atoms with E-state index in [2.05, 4.69) is 0 Å². The first-order chi connectivity index (χ1) is 10.1. The fourth-order valence-corrected chi connectivity index (χ4v) is 2.10. The van der Waals surface area contributed by atoms with Crippen molar-refractivity contribution in [2.45, 2.75) is 0 Å². The predicted molar refractivity (Wildman–Crippen MR) is 78.2 cm³/mol. The van der Waals surface area contributed by atoms with Gasteiger partial charge >= 0.3 is 5.97 Å². The number of hydrogen-bond donors (Lipinski definition) is 3. The zero-order valence-electron chi connectivity index (χ0n) is 11.0. The van der Waals surface area contributed by atoms with E-state index in [1.165, 1.54) is 0 Å². The number of nitrogens with two attached hydrogens (primary N) is 1. The summed E-state index contributed by atoms with van der Waals surface area (Å²) in [6.45, 7) is 0. The first-order valence-corrected chi connectivity index (χ1v) is 6.23. The molecular weight excluding hydrogens is 268 g/mol. The molecule has 4 N–H and O–H groups in total. The predicted octanol–water partition coefficient (Wildman–Crippen LogP) is 2.01. The molecule has 0 unspecified atom stereocenters. The second-order valence-electron chi connectivity index (χ2n) is 4.54. The van der Waals surface area contributed by atoms with E-state index in [0.717, 1.165) is 5.06 Å². The quantitative estimate of drug-likeness (QED) is 0.732. The molecule has 0 radical (unpaired) electrons. The number of hydrogen-bond acceptors (Lipinski definition) is 5. The summed E-state index contributed by atoms with van der Waals surface area (Å²) in [6, 6.07) is 13.3. The molecular formula is C15H12N4O2. The first-order valence-electron chi connectivity index (χ1n) is 6.23. The van der Waals surface area contributed by atoms with Gasteiger partial charge in [-0.1, -0.05) is 18.2 Å². The van der Waals surface area contributed by atoms with Crippen LogP contribution in [0.5, 0.6) is 0 Å². The Hall–Kier alpha value is -3.15. The van der Waals surface area contributed by atoms with E-state index in [4.69, 9.17) is 21.4 Å². The van der Waals surface area contributed by atoms with Gasteiger partial charge in [-0.2, -0.15) is 0 Å². The highest BCUT2D eigenvalue weighted by Gasteiger charge is 2.33. The van der Waals surface area contributed by atoms with Crippen LogP contribution in [0.4, 0.5) is 5.69 Å². The van der Waals surface area contributed by atoms with Crippen molar-refractivity contribution in [3.8, 4) is 0 Å². The van der Waals surface area contributed by atoms with Crippen LogP contribution in [0.1, 0.15) is 21.5 Å². The average molecular weight is 280 g/mol. The van der Waals surface area contributed by atoms with Crippen LogP contribution in [0.3, 0.4) is 0 Å². The third-order valence-corrected chi connectivity index (χ3v) is 3.14. The maximum atomic E-state index is 12.0. The molecule has 6 nitrogen and oxygen atoms in total. The van der Waals surface area contributed by atoms with Crippen LogP contribution < -0.4 is 5.73 Å². The lowest BCUT2D eigenvalue weighted by Gasteiger charge is -2.16. The minimum Gasteiger partial charge on any atom is -0.399 e. The monoisotopic (exact) mass is 280 g/mol. The Morgan fingerprint density at radius 1 is 1.00 bits per heavy atom. The van der Waals surface area contributed by atoms with E-state index in [-0.39, 0.29) is 11.7 Å². The molecule has 0 saturated heterocycles. The van der Waals surface area contributed by atoms with Crippen LogP contribution in [-0.2, 0) is 4.84 Å². The highest BCUT2D eigenvalue weighted by molar-refractivity contribution is 6.23. The van der Waals surface area contributed by atoms with E-state index >= 15 is 0 Å². The number of hydroxylamine groups is 2. The topological polar surface area (TPSA) is 103 Å². The molecule has 2 aromatic rings.